The summed E-state index contributed by atoms with van der Waals surface area (Å²) < 4.78 is 2.21. The van der Waals surface area contributed by atoms with Crippen LogP contribution in [-0.4, -0.2) is 30.9 Å². The van der Waals surface area contributed by atoms with Crippen LogP contribution in [0.4, 0.5) is 11.4 Å². The summed E-state index contributed by atoms with van der Waals surface area (Å²) in [4.78, 5) is 23.0. The van der Waals surface area contributed by atoms with Crippen LogP contribution in [-0.2, 0) is 11.3 Å². The van der Waals surface area contributed by atoms with Crippen LogP contribution in [0.15, 0.2) is 87.7 Å². The van der Waals surface area contributed by atoms with Gasteiger partial charge in [-0.05, 0) is 43.2 Å². The van der Waals surface area contributed by atoms with Crippen LogP contribution in [0, 0.1) is 0 Å². The van der Waals surface area contributed by atoms with Crippen molar-refractivity contribution in [2.24, 2.45) is 0 Å². The van der Waals surface area contributed by atoms with E-state index in [0.717, 1.165) is 56.2 Å². The molecular weight excluding hydrogens is 486 g/mol. The van der Waals surface area contributed by atoms with Crippen LogP contribution in [0.25, 0.3) is 22.1 Å². The zero-order valence-electron chi connectivity index (χ0n) is 20.1. The van der Waals surface area contributed by atoms with Gasteiger partial charge in [0, 0.05) is 21.7 Å². The van der Waals surface area contributed by atoms with Gasteiger partial charge < -0.3 is 4.57 Å². The topological polar surface area (TPSA) is 63.9 Å². The summed E-state index contributed by atoms with van der Waals surface area (Å²) in [6, 6.07) is 24.4. The van der Waals surface area contributed by atoms with Crippen molar-refractivity contribution in [3.63, 3.8) is 0 Å². The fourth-order valence-corrected chi connectivity index (χ4v) is 6.62. The van der Waals surface area contributed by atoms with E-state index in [1.165, 1.54) is 11.8 Å². The number of benzene rings is 3. The molecule has 0 spiro atoms. The molecule has 1 aliphatic heterocycles. The third-order valence-electron chi connectivity index (χ3n) is 6.35. The highest BCUT2D eigenvalue weighted by Gasteiger charge is 2.33. The van der Waals surface area contributed by atoms with Crippen molar-refractivity contribution < 1.29 is 4.79 Å². The number of aromatic nitrogens is 4. The number of anilines is 2. The van der Waals surface area contributed by atoms with Crippen molar-refractivity contribution in [2.75, 3.05) is 4.90 Å². The second-order valence-corrected chi connectivity index (χ2v) is 10.9. The normalized spacial score (nSPS) is 13.6. The van der Waals surface area contributed by atoms with E-state index in [9.17, 15) is 4.79 Å². The second kappa shape index (κ2) is 9.59. The molecule has 6 rings (SSSR count). The lowest BCUT2D eigenvalue weighted by atomic mass is 10.2. The van der Waals surface area contributed by atoms with Gasteiger partial charge in [-0.3, -0.25) is 9.69 Å². The molecule has 8 heteroatoms. The van der Waals surface area contributed by atoms with Crippen molar-refractivity contribution in [3.8, 4) is 0 Å². The molecule has 3 heterocycles. The minimum absolute atomic E-state index is 0.0282. The van der Waals surface area contributed by atoms with Gasteiger partial charge in [0.05, 0.1) is 22.1 Å². The van der Waals surface area contributed by atoms with Crippen LogP contribution in [0.5, 0.6) is 0 Å². The molecule has 180 valence electrons. The lowest BCUT2D eigenvalue weighted by Crippen LogP contribution is -2.35. The highest BCUT2D eigenvalue weighted by atomic mass is 32.2. The average molecular weight is 512 g/mol. The Labute approximate surface area is 218 Å². The quantitative estimate of drug-likeness (QED) is 0.227. The van der Waals surface area contributed by atoms with E-state index < -0.39 is 0 Å². The third-order valence-corrected chi connectivity index (χ3v) is 8.68. The number of aryl methyl sites for hydroxylation is 1. The first-order chi connectivity index (χ1) is 17.7. The molecule has 1 amide bonds. The summed E-state index contributed by atoms with van der Waals surface area (Å²) in [6.07, 6.45) is 1.64. The SMILES string of the molecule is CCCn1c2ccccc2c2nnc(SC(CC)C(=O)N3c4ccccc4Sc4ccccc43)nc21. The third kappa shape index (κ3) is 3.85. The zero-order valence-corrected chi connectivity index (χ0v) is 21.7. The maximum atomic E-state index is 14.0. The molecule has 0 radical (unpaired) electrons. The van der Waals surface area contributed by atoms with E-state index in [0.29, 0.717) is 11.6 Å². The summed E-state index contributed by atoms with van der Waals surface area (Å²) >= 11 is 3.09. The highest BCUT2D eigenvalue weighted by Crippen LogP contribution is 2.48. The molecule has 0 saturated carbocycles. The molecular formula is C28H25N5OS2. The fourth-order valence-electron chi connectivity index (χ4n) is 4.71. The molecule has 3 aromatic carbocycles. The molecule has 5 aromatic rings. The molecule has 6 nitrogen and oxygen atoms in total. The molecule has 2 aromatic heterocycles. The van der Waals surface area contributed by atoms with Gasteiger partial charge in [0.25, 0.3) is 0 Å². The van der Waals surface area contributed by atoms with Gasteiger partial charge in [0.1, 0.15) is 5.52 Å². The molecule has 1 atom stereocenters. The van der Waals surface area contributed by atoms with Crippen molar-refractivity contribution in [1.82, 2.24) is 19.7 Å². The van der Waals surface area contributed by atoms with Crippen LogP contribution < -0.4 is 4.90 Å². The average Bonchev–Trinajstić information content (AvgIpc) is 3.23. The Balaban J connectivity index is 1.38. The number of thioether (sulfide) groups is 1. The fraction of sp³-hybridized carbons (Fsp3) is 0.214. The zero-order chi connectivity index (χ0) is 24.6. The van der Waals surface area contributed by atoms with Crippen LogP contribution in [0.3, 0.4) is 0 Å². The van der Waals surface area contributed by atoms with Gasteiger partial charge in [-0.1, -0.05) is 79.8 Å². The lowest BCUT2D eigenvalue weighted by Gasteiger charge is -2.33. The number of amides is 1. The van der Waals surface area contributed by atoms with Gasteiger partial charge >= 0.3 is 0 Å². The molecule has 0 aliphatic carbocycles. The molecule has 0 saturated heterocycles. The van der Waals surface area contributed by atoms with Crippen LogP contribution in [0.2, 0.25) is 0 Å². The van der Waals surface area contributed by atoms with E-state index in [-0.39, 0.29) is 11.2 Å². The first kappa shape index (κ1) is 23.1. The molecule has 36 heavy (non-hydrogen) atoms. The number of carbonyl (C=O) groups is 1. The number of hydrogen-bond acceptors (Lipinski definition) is 6. The summed E-state index contributed by atoms with van der Waals surface area (Å²) in [5.41, 5.74) is 4.58. The summed E-state index contributed by atoms with van der Waals surface area (Å²) in [5.74, 6) is 0.0282. The first-order valence-corrected chi connectivity index (χ1v) is 13.9. The molecule has 0 bridgehead atoms. The highest BCUT2D eigenvalue weighted by molar-refractivity contribution is 8.00. The minimum atomic E-state index is -0.350. The summed E-state index contributed by atoms with van der Waals surface area (Å²) in [6.45, 7) is 5.04. The maximum Gasteiger partial charge on any atom is 0.245 e. The number of fused-ring (bicyclic) bond motifs is 5. The Kier molecular flexibility index (Phi) is 6.15. The Hall–Kier alpha value is -3.36. The maximum absolute atomic E-state index is 14.0. The van der Waals surface area contributed by atoms with Crippen molar-refractivity contribution >= 4 is 62.9 Å². The number of rotatable bonds is 6. The Bertz CT molecular complexity index is 1550. The Morgan fingerprint density at radius 2 is 1.58 bits per heavy atom. The smallest absolute Gasteiger partial charge is 0.245 e. The Morgan fingerprint density at radius 1 is 0.917 bits per heavy atom. The largest absolute Gasteiger partial charge is 0.324 e. The minimum Gasteiger partial charge on any atom is -0.324 e. The van der Waals surface area contributed by atoms with Gasteiger partial charge in [-0.15, -0.1) is 10.2 Å². The molecule has 0 N–H and O–H groups in total. The van der Waals surface area contributed by atoms with E-state index in [1.807, 2.05) is 60.4 Å². The predicted molar refractivity (Wildman–Crippen MR) is 147 cm³/mol. The van der Waals surface area contributed by atoms with Gasteiger partial charge in [0.15, 0.2) is 5.65 Å². The van der Waals surface area contributed by atoms with Gasteiger partial charge in [-0.25, -0.2) is 4.98 Å². The number of carbonyl (C=O) groups excluding carboxylic acids is 1. The summed E-state index contributed by atoms with van der Waals surface area (Å²) in [7, 11) is 0. The second-order valence-electron chi connectivity index (χ2n) is 8.66. The number of para-hydroxylation sites is 3. The molecule has 1 aliphatic rings. The van der Waals surface area contributed by atoms with Gasteiger partial charge in [-0.2, -0.15) is 0 Å². The predicted octanol–water partition coefficient (Wildman–Crippen LogP) is 7.09. The number of nitrogens with zero attached hydrogens (tertiary/aromatic N) is 5. The standard InChI is InChI=1S/C28H25N5OS2/c1-3-17-32-19-12-6-5-11-18(19)25-26(32)29-28(31-30-25)36-22(4-2)27(34)33-20-13-7-9-15-23(20)35-24-16-10-8-14-21(24)33/h5-16,22H,3-4,17H2,1-2H3. The Morgan fingerprint density at radius 3 is 2.28 bits per heavy atom. The monoisotopic (exact) mass is 511 g/mol. The summed E-state index contributed by atoms with van der Waals surface area (Å²) in [5, 5.41) is 10.2. The van der Waals surface area contributed by atoms with E-state index in [4.69, 9.17) is 4.98 Å². The van der Waals surface area contributed by atoms with E-state index in [1.54, 1.807) is 11.8 Å². The first-order valence-electron chi connectivity index (χ1n) is 12.2. The van der Waals surface area contributed by atoms with Crippen molar-refractivity contribution in [2.45, 2.75) is 53.4 Å². The molecule has 1 unspecified atom stereocenters. The van der Waals surface area contributed by atoms with Crippen LogP contribution >= 0.6 is 23.5 Å². The van der Waals surface area contributed by atoms with Crippen molar-refractivity contribution in [1.29, 1.82) is 0 Å². The molecule has 0 fully saturated rings. The van der Waals surface area contributed by atoms with Crippen LogP contribution in [0.1, 0.15) is 26.7 Å². The van der Waals surface area contributed by atoms with E-state index in [2.05, 4.69) is 46.0 Å². The van der Waals surface area contributed by atoms with Gasteiger partial charge in [0.2, 0.25) is 11.1 Å². The van der Waals surface area contributed by atoms with Crippen molar-refractivity contribution in [3.05, 3.63) is 72.8 Å². The van der Waals surface area contributed by atoms with E-state index >= 15 is 0 Å². The number of hydrogen-bond donors (Lipinski definition) is 0. The lowest BCUT2D eigenvalue weighted by molar-refractivity contribution is -0.117.